The molecule has 1 rings (SSSR count). The molecule has 7 heteroatoms. The van der Waals surface area contributed by atoms with Crippen LogP contribution in [0.2, 0.25) is 0 Å². The van der Waals surface area contributed by atoms with Crippen LogP contribution in [0, 0.1) is 0 Å². The van der Waals surface area contributed by atoms with Crippen LogP contribution in [-0.2, 0) is 4.74 Å². The average molecular weight is 256 g/mol. The van der Waals surface area contributed by atoms with Crippen LogP contribution in [0.15, 0.2) is 27.0 Å². The van der Waals surface area contributed by atoms with Gasteiger partial charge in [0.1, 0.15) is 0 Å². The molecule has 94 valence electrons. The zero-order valence-electron chi connectivity index (χ0n) is 10.1. The van der Waals surface area contributed by atoms with Crippen LogP contribution < -0.4 is 5.43 Å². The van der Waals surface area contributed by atoms with Crippen LogP contribution in [0.1, 0.15) is 20.8 Å². The number of aliphatic imine (C=N–C) groups is 1. The molecule has 1 aliphatic rings. The van der Waals surface area contributed by atoms with E-state index in [1.807, 2.05) is 20.8 Å². The summed E-state index contributed by atoms with van der Waals surface area (Å²) in [5.74, 6) is 0.871. The molecule has 0 aromatic rings. The molecular weight excluding hydrogens is 240 g/mol. The van der Waals surface area contributed by atoms with Crippen molar-refractivity contribution in [2.45, 2.75) is 20.8 Å². The van der Waals surface area contributed by atoms with Gasteiger partial charge >= 0.3 is 0 Å². The van der Waals surface area contributed by atoms with Crippen LogP contribution in [0.25, 0.3) is 0 Å². The molecule has 0 bridgehead atoms. The van der Waals surface area contributed by atoms with Gasteiger partial charge in [0.25, 0.3) is 5.90 Å². The minimum absolute atomic E-state index is 0.170. The van der Waals surface area contributed by atoms with E-state index in [9.17, 15) is 0 Å². The molecule has 0 spiro atoms. The SMILES string of the molecule is CCOC(C=C1CSC(NN=C(C)C)=N1)=NO. The summed E-state index contributed by atoms with van der Waals surface area (Å²) in [6, 6.07) is 0. The van der Waals surface area contributed by atoms with Gasteiger partial charge in [-0.1, -0.05) is 11.8 Å². The van der Waals surface area contributed by atoms with Crippen LogP contribution in [-0.4, -0.2) is 34.3 Å². The van der Waals surface area contributed by atoms with Gasteiger partial charge < -0.3 is 9.94 Å². The van der Waals surface area contributed by atoms with Gasteiger partial charge in [-0.2, -0.15) is 5.10 Å². The first kappa shape index (κ1) is 13.6. The molecule has 0 saturated carbocycles. The fourth-order valence-corrected chi connectivity index (χ4v) is 1.74. The fourth-order valence-electron chi connectivity index (χ4n) is 1.02. The Labute approximate surface area is 105 Å². The predicted molar refractivity (Wildman–Crippen MR) is 70.7 cm³/mol. The summed E-state index contributed by atoms with van der Waals surface area (Å²) < 4.78 is 5.08. The summed E-state index contributed by atoms with van der Waals surface area (Å²) in [5.41, 5.74) is 4.56. The van der Waals surface area contributed by atoms with Crippen molar-refractivity contribution in [2.75, 3.05) is 12.4 Å². The van der Waals surface area contributed by atoms with Gasteiger partial charge in [-0.25, -0.2) is 4.99 Å². The highest BCUT2D eigenvalue weighted by molar-refractivity contribution is 8.14. The molecule has 6 nitrogen and oxygen atoms in total. The number of thioether (sulfide) groups is 1. The monoisotopic (exact) mass is 256 g/mol. The number of hydrazone groups is 1. The van der Waals surface area contributed by atoms with E-state index in [-0.39, 0.29) is 5.90 Å². The van der Waals surface area contributed by atoms with Crippen LogP contribution in [0.3, 0.4) is 0 Å². The van der Waals surface area contributed by atoms with E-state index >= 15 is 0 Å². The molecule has 0 aromatic heterocycles. The second-order valence-corrected chi connectivity index (χ2v) is 4.35. The van der Waals surface area contributed by atoms with E-state index < -0.39 is 0 Å². The van der Waals surface area contributed by atoms with Gasteiger partial charge in [0, 0.05) is 17.5 Å². The first-order valence-corrected chi connectivity index (χ1v) is 6.18. The minimum atomic E-state index is 0.170. The molecule has 1 aliphatic heterocycles. The van der Waals surface area contributed by atoms with E-state index in [1.165, 1.54) is 11.8 Å². The largest absolute Gasteiger partial charge is 0.476 e. The minimum Gasteiger partial charge on any atom is -0.476 e. The molecule has 17 heavy (non-hydrogen) atoms. The third-order valence-electron chi connectivity index (χ3n) is 1.66. The predicted octanol–water partition coefficient (Wildman–Crippen LogP) is 1.78. The number of hydrogen-bond donors (Lipinski definition) is 2. The molecule has 0 unspecified atom stereocenters. The molecule has 0 fully saturated rings. The van der Waals surface area contributed by atoms with Gasteiger partial charge in [0.15, 0.2) is 5.17 Å². The molecule has 1 heterocycles. The third kappa shape index (κ3) is 4.90. The summed E-state index contributed by atoms with van der Waals surface area (Å²) in [5, 5.41) is 16.5. The zero-order valence-corrected chi connectivity index (χ0v) is 10.9. The van der Waals surface area contributed by atoms with Crippen LogP contribution in [0.5, 0.6) is 0 Å². The quantitative estimate of drug-likeness (QED) is 0.349. The van der Waals surface area contributed by atoms with Crippen LogP contribution in [0.4, 0.5) is 0 Å². The second kappa shape index (κ2) is 6.95. The lowest BCUT2D eigenvalue weighted by molar-refractivity contribution is 0.267. The molecular formula is C10H16N4O2S. The molecule has 0 radical (unpaired) electrons. The first-order chi connectivity index (χ1) is 8.15. The van der Waals surface area contributed by atoms with Crippen LogP contribution >= 0.6 is 11.8 Å². The summed E-state index contributed by atoms with van der Waals surface area (Å²) in [7, 11) is 0. The van der Waals surface area contributed by atoms with Gasteiger partial charge in [-0.05, 0) is 25.9 Å². The van der Waals surface area contributed by atoms with E-state index in [0.717, 1.165) is 16.6 Å². The lowest BCUT2D eigenvalue weighted by Crippen LogP contribution is -2.12. The molecule has 2 N–H and O–H groups in total. The van der Waals surface area contributed by atoms with E-state index in [4.69, 9.17) is 9.94 Å². The summed E-state index contributed by atoms with van der Waals surface area (Å²) in [6.07, 6.45) is 1.60. The Hall–Kier alpha value is -1.50. The normalized spacial score (nSPS) is 17.9. The lowest BCUT2D eigenvalue weighted by atomic mass is 10.4. The van der Waals surface area contributed by atoms with Crippen molar-refractivity contribution in [3.63, 3.8) is 0 Å². The Morgan fingerprint density at radius 3 is 3.00 bits per heavy atom. The van der Waals surface area contributed by atoms with Crippen molar-refractivity contribution in [3.05, 3.63) is 11.8 Å². The second-order valence-electron chi connectivity index (χ2n) is 3.38. The Balaban J connectivity index is 2.64. The lowest BCUT2D eigenvalue weighted by Gasteiger charge is -1.99. The van der Waals surface area contributed by atoms with Gasteiger partial charge in [-0.15, -0.1) is 0 Å². The molecule has 0 saturated heterocycles. The average Bonchev–Trinajstić information content (AvgIpc) is 2.73. The van der Waals surface area contributed by atoms with E-state index in [1.54, 1.807) is 6.08 Å². The van der Waals surface area contributed by atoms with E-state index in [2.05, 4.69) is 20.7 Å². The van der Waals surface area contributed by atoms with Crippen molar-refractivity contribution < 1.29 is 9.94 Å². The number of hydrogen-bond acceptors (Lipinski definition) is 7. The number of nitrogens with zero attached hydrogens (tertiary/aromatic N) is 3. The summed E-state index contributed by atoms with van der Waals surface area (Å²) in [4.78, 5) is 4.28. The molecule has 0 aromatic carbocycles. The van der Waals surface area contributed by atoms with E-state index in [0.29, 0.717) is 12.4 Å². The van der Waals surface area contributed by atoms with Gasteiger partial charge in [-0.3, -0.25) is 5.43 Å². The highest BCUT2D eigenvalue weighted by Gasteiger charge is 2.12. The fraction of sp³-hybridized carbons (Fsp3) is 0.500. The van der Waals surface area contributed by atoms with Gasteiger partial charge in [0.05, 0.1) is 12.3 Å². The Bertz CT molecular complexity index is 384. The zero-order chi connectivity index (χ0) is 12.7. The Kier molecular flexibility index (Phi) is 5.55. The maximum Gasteiger partial charge on any atom is 0.251 e. The third-order valence-corrected chi connectivity index (χ3v) is 2.55. The Morgan fingerprint density at radius 1 is 1.65 bits per heavy atom. The van der Waals surface area contributed by atoms with Crippen molar-refractivity contribution in [1.29, 1.82) is 0 Å². The highest BCUT2D eigenvalue weighted by atomic mass is 32.2. The molecule has 0 aliphatic carbocycles. The number of rotatable bonds is 3. The van der Waals surface area contributed by atoms with Crippen molar-refractivity contribution in [3.8, 4) is 0 Å². The first-order valence-electron chi connectivity index (χ1n) is 5.19. The van der Waals surface area contributed by atoms with Gasteiger partial charge in [0.2, 0.25) is 0 Å². The Morgan fingerprint density at radius 2 is 2.41 bits per heavy atom. The number of nitrogens with one attached hydrogen (secondary N) is 1. The summed E-state index contributed by atoms with van der Waals surface area (Å²) >= 11 is 1.53. The number of ether oxygens (including phenoxy) is 1. The summed E-state index contributed by atoms with van der Waals surface area (Å²) in [6.45, 7) is 6.07. The van der Waals surface area contributed by atoms with Crippen molar-refractivity contribution >= 4 is 28.5 Å². The topological polar surface area (TPSA) is 78.6 Å². The number of oxime groups is 1. The van der Waals surface area contributed by atoms with Crippen molar-refractivity contribution in [1.82, 2.24) is 5.43 Å². The molecule has 0 amide bonds. The highest BCUT2D eigenvalue weighted by Crippen LogP contribution is 2.19. The maximum absolute atomic E-state index is 8.69. The maximum atomic E-state index is 8.69. The standard InChI is InChI=1S/C10H16N4O2S/c1-4-16-9(14-15)5-8-6-17-10(11-8)13-12-7(2)3/h5,15H,4,6H2,1-3H3,(H,11,13). The smallest absolute Gasteiger partial charge is 0.251 e. The molecule has 0 atom stereocenters. The van der Waals surface area contributed by atoms with Crippen molar-refractivity contribution in [2.24, 2.45) is 15.2 Å². The number of amidine groups is 1.